The Bertz CT molecular complexity index is 6520. The third kappa shape index (κ3) is 36.9. The van der Waals surface area contributed by atoms with Gasteiger partial charge < -0.3 is 47.9 Å². The van der Waals surface area contributed by atoms with Crippen LogP contribution in [0.1, 0.15) is 237 Å². The molecule has 17 nitrogen and oxygen atoms in total. The monoisotopic (exact) mass is 2130 g/mol. The van der Waals surface area contributed by atoms with Crippen LogP contribution in [-0.2, 0) is 67.1 Å². The molecule has 1 saturated heterocycles. The van der Waals surface area contributed by atoms with E-state index in [1.54, 1.807) is 72.8 Å². The lowest BCUT2D eigenvalue weighted by molar-refractivity contribution is -0.597. The first kappa shape index (κ1) is 115. The largest absolute Gasteiger partial charge is 0.744 e. The van der Waals surface area contributed by atoms with Crippen LogP contribution in [0.4, 0.5) is 5.69 Å². The maximum atomic E-state index is 12.2. The first-order chi connectivity index (χ1) is 69.1. The quantitative estimate of drug-likeness (QED) is 0.00541. The average molecular weight is 2130 g/mol. The fourth-order valence-corrected chi connectivity index (χ4v) is 21.3. The molecule has 2 N–H and O–H groups in total. The molecule has 0 saturated carbocycles. The van der Waals surface area contributed by atoms with Crippen LogP contribution in [0.15, 0.2) is 337 Å². The Morgan fingerprint density at radius 2 is 0.903 bits per heavy atom. The molecule has 0 aromatic heterocycles. The number of nitrogens with one attached hydrogen (secondary N) is 1. The lowest BCUT2D eigenvalue weighted by atomic mass is 9.82. The highest BCUT2D eigenvalue weighted by Crippen LogP contribution is 2.41. The van der Waals surface area contributed by atoms with Crippen LogP contribution < -0.4 is 50.2 Å². The number of aromatic hydroxyl groups is 1. The molecular weight excluding hydrogens is 1980 g/mol. The van der Waals surface area contributed by atoms with E-state index in [1.165, 1.54) is 89.1 Å². The van der Waals surface area contributed by atoms with Gasteiger partial charge in [0.1, 0.15) is 72.8 Å². The predicted octanol–water partition coefficient (Wildman–Crippen LogP) is 26.4. The van der Waals surface area contributed by atoms with Crippen LogP contribution in [0, 0.1) is 7.14 Å². The average Bonchev–Trinajstić information content (AvgIpc) is 0.857. The maximum absolute atomic E-state index is 12.2. The molecule has 1 amide bonds. The van der Waals surface area contributed by atoms with Crippen LogP contribution in [0.2, 0.25) is 0 Å². The lowest BCUT2D eigenvalue weighted by Crippen LogP contribution is -3.61. The number of phenols is 1. The number of carbonyl (C=O) groups excluding carboxylic acids is 3. The van der Waals surface area contributed by atoms with Gasteiger partial charge in [0.05, 0.1) is 29.6 Å². The SMILES string of the molecule is CC(C)(C)c1ccc([I+]c2ccc(C(C)(C)C)cc2)cc1.CCC(C)(C)c1ccc(O)cc1.CCC(C)(C)c1ccc(OC(C)OCCOc2c(-c3ccccc3)cccc2-c2ccccc2)cc1.CCC(C)c1ccc(OC(=O)CCCOc2cccc3c(S(=O)(=O)[O-])cccc23)cc1.CCC(C)c1ccc(OCCCC(=O)Nc2ccc3cc(S(=O)(=O)[O-])ccc3c2)cc1.O=C(C[S+]1CCCC1)c1ccccc1. The molecule has 1 heterocycles. The highest BCUT2D eigenvalue weighted by Gasteiger charge is 2.29. The van der Waals surface area contributed by atoms with Gasteiger partial charge in [-0.2, -0.15) is 0 Å². The predicted molar refractivity (Wildman–Crippen MR) is 588 cm³/mol. The number of phenolic OH excluding ortho intramolecular Hbond substituents is 1. The Labute approximate surface area is 875 Å². The number of ketones is 1. The Hall–Kier alpha value is -11.9. The normalized spacial score (nSPS) is 12.8. The van der Waals surface area contributed by atoms with Gasteiger partial charge in [0.2, 0.25) is 11.7 Å². The van der Waals surface area contributed by atoms with Crippen molar-refractivity contribution in [2.24, 2.45) is 0 Å². The summed E-state index contributed by atoms with van der Waals surface area (Å²) in [6.07, 6.45) is 8.11. The Balaban J connectivity index is 0.000000185. The number of Topliss-reactive ketones (excluding diaryl/α,β-unsaturated/α-hetero) is 1. The first-order valence-electron chi connectivity index (χ1n) is 50.2. The smallest absolute Gasteiger partial charge is 0.357 e. The molecule has 15 rings (SSSR count). The summed E-state index contributed by atoms with van der Waals surface area (Å²) < 4.78 is 106. The molecule has 14 aromatic rings. The van der Waals surface area contributed by atoms with E-state index in [4.69, 9.17) is 33.5 Å². The first-order valence-corrected chi connectivity index (χ1v) is 56.9. The van der Waals surface area contributed by atoms with Gasteiger partial charge in [-0.1, -0.05) is 329 Å². The zero-order chi connectivity index (χ0) is 105. The van der Waals surface area contributed by atoms with Gasteiger partial charge in [0.25, 0.3) is 0 Å². The number of fused-ring (bicyclic) bond motifs is 2. The number of para-hydroxylation sites is 1. The topological polar surface area (TPSA) is 253 Å². The molecule has 14 aromatic carbocycles. The second-order valence-electron chi connectivity index (χ2n) is 39.6. The van der Waals surface area contributed by atoms with Crippen molar-refractivity contribution in [3.8, 4) is 56.8 Å². The highest BCUT2D eigenvalue weighted by molar-refractivity contribution is 7.97. The fourth-order valence-electron chi connectivity index (χ4n) is 15.7. The highest BCUT2D eigenvalue weighted by atomic mass is 127. The Morgan fingerprint density at radius 3 is 1.41 bits per heavy atom. The molecule has 0 spiro atoms. The van der Waals surface area contributed by atoms with Gasteiger partial charge >= 0.3 is 27.2 Å². The van der Waals surface area contributed by atoms with Gasteiger partial charge in [0, 0.05) is 46.0 Å². The van der Waals surface area contributed by atoms with Crippen molar-refractivity contribution in [1.29, 1.82) is 0 Å². The number of amides is 1. The molecule has 766 valence electrons. The second-order valence-corrected chi connectivity index (χ2v) is 47.6. The molecular formula is C124H144INO16S3. The van der Waals surface area contributed by atoms with Crippen LogP contribution in [-0.4, -0.2) is 98.7 Å². The minimum atomic E-state index is -4.59. The summed E-state index contributed by atoms with van der Waals surface area (Å²) in [5.41, 5.74) is 14.6. The van der Waals surface area contributed by atoms with Crippen molar-refractivity contribution in [2.45, 2.75) is 231 Å². The Morgan fingerprint density at radius 1 is 0.441 bits per heavy atom. The molecule has 145 heavy (non-hydrogen) atoms. The van der Waals surface area contributed by atoms with Crippen molar-refractivity contribution in [1.82, 2.24) is 0 Å². The summed E-state index contributed by atoms with van der Waals surface area (Å²) in [7, 11) is -8.69. The minimum Gasteiger partial charge on any atom is -0.744 e. The molecule has 21 heteroatoms. The van der Waals surface area contributed by atoms with E-state index in [0.717, 1.165) is 81.9 Å². The molecule has 0 aliphatic carbocycles. The summed E-state index contributed by atoms with van der Waals surface area (Å²) in [5.74, 6) is 7.93. The van der Waals surface area contributed by atoms with Crippen LogP contribution in [0.3, 0.4) is 0 Å². The minimum absolute atomic E-state index is 0.0703. The van der Waals surface area contributed by atoms with Gasteiger partial charge in [-0.05, 0) is 267 Å². The number of ether oxygens (including phenoxy) is 6. The van der Waals surface area contributed by atoms with Gasteiger partial charge in [-0.3, -0.25) is 14.4 Å². The van der Waals surface area contributed by atoms with E-state index in [2.05, 4.69) is 231 Å². The van der Waals surface area contributed by atoms with Crippen LogP contribution in [0.5, 0.6) is 34.5 Å². The van der Waals surface area contributed by atoms with Gasteiger partial charge in [0.15, 0.2) is 19.2 Å². The number of rotatable bonds is 36. The van der Waals surface area contributed by atoms with E-state index in [1.807, 2.05) is 122 Å². The number of hydrogen-bond donors (Lipinski definition) is 2. The van der Waals surface area contributed by atoms with Crippen molar-refractivity contribution < 1.29 is 95.1 Å². The summed E-state index contributed by atoms with van der Waals surface area (Å²) in [5, 5.41) is 14.1. The number of hydrogen-bond acceptors (Lipinski definition) is 16. The standard InChI is InChI=1S/C33H36O3.C24H27NO5S.C24H26O6S.C20H26I.C12H15OS.C11H16O/c1-5-33(3,4)28-19-21-29(22-20-28)36-25(2)34-23-24-35-32-30(26-13-8-6-9-14-26)17-12-18-31(32)27-15-10-7-11-16-27;1-3-17(2)18-7-11-22(12-8-18)30-14-4-5-24(26)25-21-10-6-20-16-23(31(27,28)29)13-9-19(20)15-21;1-3-17(2)18-12-14-19(15-13-18)30-24(25)11-6-16-29-22-9-4-8-21-20(22)7-5-10-23(21)31(26,27)28;1-19(2,3)15-7-11-17(12-8-15)21-18-13-9-16(10-14-18)20(4,5)6;13-12(10-14-8-4-5-9-14)11-6-2-1-3-7-11;1-4-11(2,3)9-5-7-10(12)8-6-9/h6-22,25H,5,23-24H2,1-4H3;6-13,15-17H,3-5,14H2,1-2H3,(H,25,26)(H,27,28,29);4-5,7-10,12-15,17H,3,6,11,16H2,1-2H3,(H,26,27,28);7-14H,1-6H3;1-3,6-7H,4-5,8-10H2;5-8,12H,4H2,1-3H3/q;;;2*+1;/p-2. The zero-order valence-electron chi connectivity index (χ0n) is 87.1. The van der Waals surface area contributed by atoms with E-state index < -0.39 is 20.2 Å². The van der Waals surface area contributed by atoms with Crippen molar-refractivity contribution in [3.05, 3.63) is 374 Å². The summed E-state index contributed by atoms with van der Waals surface area (Å²) >= 11 is -0.0703. The lowest BCUT2D eigenvalue weighted by Gasteiger charge is -2.24. The number of benzene rings is 14. The van der Waals surface area contributed by atoms with Crippen molar-refractivity contribution in [3.63, 3.8) is 0 Å². The summed E-state index contributed by atoms with van der Waals surface area (Å²) in [6.45, 7) is 39.0. The van der Waals surface area contributed by atoms with E-state index in [-0.39, 0.29) is 83.9 Å². The zero-order valence-corrected chi connectivity index (χ0v) is 91.7. The fraction of sp³-hybridized carbons (Fsp3) is 0.331. The molecule has 0 bridgehead atoms. The molecule has 0 radical (unpaired) electrons. The van der Waals surface area contributed by atoms with Crippen LogP contribution in [0.25, 0.3) is 43.8 Å². The van der Waals surface area contributed by atoms with Gasteiger partial charge in [-0.25, -0.2) is 16.8 Å². The number of anilines is 1. The number of carbonyl (C=O) groups is 3. The molecule has 3 unspecified atom stereocenters. The molecule has 1 aliphatic heterocycles. The summed E-state index contributed by atoms with van der Waals surface area (Å²) in [4.78, 5) is 35.6. The van der Waals surface area contributed by atoms with E-state index in [9.17, 15) is 40.3 Å². The van der Waals surface area contributed by atoms with Crippen molar-refractivity contribution in [2.75, 3.05) is 49.0 Å². The van der Waals surface area contributed by atoms with E-state index in [0.29, 0.717) is 107 Å². The second kappa shape index (κ2) is 55.6. The van der Waals surface area contributed by atoms with E-state index >= 15 is 0 Å². The Kier molecular flexibility index (Phi) is 44.1. The molecule has 3 atom stereocenters. The molecule has 1 aliphatic rings. The third-order valence-electron chi connectivity index (χ3n) is 25.9. The summed E-state index contributed by atoms with van der Waals surface area (Å²) in [6, 6.07) is 105. The third-order valence-corrected chi connectivity index (χ3v) is 32.7. The maximum Gasteiger partial charge on any atom is 0.357 e. The van der Waals surface area contributed by atoms with Crippen LogP contribution >= 0.6 is 0 Å². The number of esters is 1. The molecule has 1 fully saturated rings. The number of halogens is 1. The van der Waals surface area contributed by atoms with Gasteiger partial charge in [-0.15, -0.1) is 0 Å². The van der Waals surface area contributed by atoms with Crippen molar-refractivity contribution >= 4 is 76.0 Å².